The van der Waals surface area contributed by atoms with Crippen LogP contribution >= 0.6 is 0 Å². The zero-order chi connectivity index (χ0) is 17.5. The van der Waals surface area contributed by atoms with Crippen LogP contribution in [0.1, 0.15) is 5.56 Å². The average Bonchev–Trinajstić information content (AvgIpc) is 2.69. The molecule has 1 aliphatic rings. The summed E-state index contributed by atoms with van der Waals surface area (Å²) in [6, 6.07) is 19.6. The maximum atomic E-state index is 12.5. The Morgan fingerprint density at radius 3 is 2.20 bits per heavy atom. The van der Waals surface area contributed by atoms with Crippen molar-refractivity contribution in [1.29, 1.82) is 0 Å². The Balaban J connectivity index is 1.42. The highest BCUT2D eigenvalue weighted by molar-refractivity contribution is 5.82. The van der Waals surface area contributed by atoms with E-state index in [-0.39, 0.29) is 12.5 Å². The van der Waals surface area contributed by atoms with E-state index in [2.05, 4.69) is 17.0 Å². The summed E-state index contributed by atoms with van der Waals surface area (Å²) >= 11 is 0. The van der Waals surface area contributed by atoms with Gasteiger partial charge in [-0.1, -0.05) is 48.5 Å². The normalized spacial score (nSPS) is 15.9. The highest BCUT2D eigenvalue weighted by atomic mass is 16.5. The fraction of sp³-hybridized carbons (Fsp3) is 0.350. The molecule has 25 heavy (non-hydrogen) atoms. The summed E-state index contributed by atoms with van der Waals surface area (Å²) < 4.78 is 5.60. The van der Waals surface area contributed by atoms with Gasteiger partial charge in [0, 0.05) is 31.9 Å². The summed E-state index contributed by atoms with van der Waals surface area (Å²) in [6.07, 6.45) is 0. The van der Waals surface area contributed by atoms with Crippen molar-refractivity contribution in [2.24, 2.45) is 5.73 Å². The monoisotopic (exact) mass is 339 g/mol. The van der Waals surface area contributed by atoms with Crippen LogP contribution in [-0.4, -0.2) is 49.6 Å². The molecule has 2 N–H and O–H groups in total. The number of amides is 1. The van der Waals surface area contributed by atoms with E-state index in [9.17, 15) is 4.79 Å². The SMILES string of the molecule is N[C@H](COCc1ccccc1)C(=O)N1CCN(c2ccccc2)CC1. The summed E-state index contributed by atoms with van der Waals surface area (Å²) in [7, 11) is 0. The van der Waals surface area contributed by atoms with Crippen molar-refractivity contribution < 1.29 is 9.53 Å². The Labute approximate surface area is 149 Å². The lowest BCUT2D eigenvalue weighted by Crippen LogP contribution is -2.54. The zero-order valence-corrected chi connectivity index (χ0v) is 14.4. The standard InChI is InChI=1S/C20H25N3O2/c21-19(16-25-15-17-7-3-1-4-8-17)20(24)23-13-11-22(12-14-23)18-9-5-2-6-10-18/h1-10,19H,11-16,21H2/t19-/m1/s1. The second-order valence-electron chi connectivity index (χ2n) is 6.26. The summed E-state index contributed by atoms with van der Waals surface area (Å²) in [6.45, 7) is 3.76. The van der Waals surface area contributed by atoms with E-state index in [0.717, 1.165) is 18.7 Å². The molecule has 0 aromatic heterocycles. The number of carbonyl (C=O) groups is 1. The number of nitrogens with two attached hydrogens (primary N) is 1. The Morgan fingerprint density at radius 1 is 0.960 bits per heavy atom. The number of piperazine rings is 1. The van der Waals surface area contributed by atoms with Crippen molar-refractivity contribution in [3.05, 3.63) is 66.2 Å². The highest BCUT2D eigenvalue weighted by Gasteiger charge is 2.25. The molecule has 1 amide bonds. The number of benzene rings is 2. The van der Waals surface area contributed by atoms with Crippen LogP contribution in [0.2, 0.25) is 0 Å². The molecule has 2 aromatic carbocycles. The van der Waals surface area contributed by atoms with Crippen LogP contribution in [0.15, 0.2) is 60.7 Å². The first-order valence-corrected chi connectivity index (χ1v) is 8.70. The summed E-state index contributed by atoms with van der Waals surface area (Å²) in [5, 5.41) is 0. The van der Waals surface area contributed by atoms with Crippen molar-refractivity contribution in [3.63, 3.8) is 0 Å². The van der Waals surface area contributed by atoms with Gasteiger partial charge >= 0.3 is 0 Å². The fourth-order valence-electron chi connectivity index (χ4n) is 3.01. The lowest BCUT2D eigenvalue weighted by Gasteiger charge is -2.37. The second-order valence-corrected chi connectivity index (χ2v) is 6.26. The molecule has 0 aliphatic carbocycles. The van der Waals surface area contributed by atoms with E-state index in [1.165, 1.54) is 5.69 Å². The molecule has 5 nitrogen and oxygen atoms in total. The van der Waals surface area contributed by atoms with Crippen LogP contribution in [0.5, 0.6) is 0 Å². The lowest BCUT2D eigenvalue weighted by atomic mass is 10.2. The van der Waals surface area contributed by atoms with Crippen LogP contribution < -0.4 is 10.6 Å². The molecule has 2 aromatic rings. The van der Waals surface area contributed by atoms with Crippen molar-refractivity contribution in [2.75, 3.05) is 37.7 Å². The molecule has 0 radical (unpaired) electrons. The Morgan fingerprint density at radius 2 is 1.56 bits per heavy atom. The van der Waals surface area contributed by atoms with Gasteiger partial charge in [-0.3, -0.25) is 4.79 Å². The number of hydrogen-bond acceptors (Lipinski definition) is 4. The zero-order valence-electron chi connectivity index (χ0n) is 14.4. The molecule has 5 heteroatoms. The molecule has 3 rings (SSSR count). The predicted octanol–water partition coefficient (Wildman–Crippen LogP) is 1.88. The third kappa shape index (κ3) is 4.81. The molecular weight excluding hydrogens is 314 g/mol. The van der Waals surface area contributed by atoms with Crippen molar-refractivity contribution in [3.8, 4) is 0 Å². The molecule has 1 atom stereocenters. The molecule has 1 heterocycles. The summed E-state index contributed by atoms with van der Waals surface area (Å²) in [5.41, 5.74) is 8.31. The molecule has 1 fully saturated rings. The fourth-order valence-corrected chi connectivity index (χ4v) is 3.01. The largest absolute Gasteiger partial charge is 0.375 e. The minimum absolute atomic E-state index is 0.0271. The minimum atomic E-state index is -0.605. The molecule has 0 saturated carbocycles. The third-order valence-corrected chi connectivity index (χ3v) is 4.44. The van der Waals surface area contributed by atoms with Gasteiger partial charge in [-0.25, -0.2) is 0 Å². The van der Waals surface area contributed by atoms with E-state index in [0.29, 0.717) is 19.7 Å². The third-order valence-electron chi connectivity index (χ3n) is 4.44. The van der Waals surface area contributed by atoms with Crippen molar-refractivity contribution in [2.45, 2.75) is 12.6 Å². The second kappa shape index (κ2) is 8.65. The molecule has 0 bridgehead atoms. The number of anilines is 1. The number of para-hydroxylation sites is 1. The van der Waals surface area contributed by atoms with Gasteiger partial charge < -0.3 is 20.3 Å². The molecule has 0 unspecified atom stereocenters. The van der Waals surface area contributed by atoms with Gasteiger partial charge in [0.25, 0.3) is 0 Å². The summed E-state index contributed by atoms with van der Waals surface area (Å²) in [5.74, 6) is -0.0271. The first-order valence-electron chi connectivity index (χ1n) is 8.70. The molecule has 0 spiro atoms. The first-order chi connectivity index (χ1) is 12.2. The maximum Gasteiger partial charge on any atom is 0.241 e. The molecule has 1 saturated heterocycles. The summed E-state index contributed by atoms with van der Waals surface area (Å²) in [4.78, 5) is 16.6. The van der Waals surface area contributed by atoms with Gasteiger partial charge in [0.15, 0.2) is 0 Å². The van der Waals surface area contributed by atoms with E-state index in [1.54, 1.807) is 0 Å². The Kier molecular flexibility index (Phi) is 6.04. The van der Waals surface area contributed by atoms with Gasteiger partial charge in [0.2, 0.25) is 5.91 Å². The van der Waals surface area contributed by atoms with Crippen LogP contribution in [0.4, 0.5) is 5.69 Å². The van der Waals surface area contributed by atoms with Crippen molar-refractivity contribution >= 4 is 11.6 Å². The topological polar surface area (TPSA) is 58.8 Å². The van der Waals surface area contributed by atoms with Gasteiger partial charge in [0.1, 0.15) is 6.04 Å². The van der Waals surface area contributed by atoms with Crippen LogP contribution in [0.25, 0.3) is 0 Å². The van der Waals surface area contributed by atoms with E-state index in [4.69, 9.17) is 10.5 Å². The number of rotatable bonds is 6. The molecule has 132 valence electrons. The highest BCUT2D eigenvalue weighted by Crippen LogP contribution is 2.15. The predicted molar refractivity (Wildman–Crippen MR) is 99.3 cm³/mol. The van der Waals surface area contributed by atoms with Gasteiger partial charge in [-0.05, 0) is 17.7 Å². The van der Waals surface area contributed by atoms with Gasteiger partial charge in [0.05, 0.1) is 13.2 Å². The molecule has 1 aliphatic heterocycles. The minimum Gasteiger partial charge on any atom is -0.375 e. The Hall–Kier alpha value is -2.37. The first kappa shape index (κ1) is 17.5. The Bertz CT molecular complexity index is 655. The lowest BCUT2D eigenvalue weighted by molar-refractivity contribution is -0.134. The molecular formula is C20H25N3O2. The number of nitrogens with zero attached hydrogens (tertiary/aromatic N) is 2. The van der Waals surface area contributed by atoms with E-state index >= 15 is 0 Å². The smallest absolute Gasteiger partial charge is 0.241 e. The quantitative estimate of drug-likeness (QED) is 0.873. The van der Waals surface area contributed by atoms with Gasteiger partial charge in [-0.15, -0.1) is 0 Å². The number of carbonyl (C=O) groups excluding carboxylic acids is 1. The van der Waals surface area contributed by atoms with Gasteiger partial charge in [-0.2, -0.15) is 0 Å². The van der Waals surface area contributed by atoms with E-state index < -0.39 is 6.04 Å². The maximum absolute atomic E-state index is 12.5. The van der Waals surface area contributed by atoms with Crippen LogP contribution in [-0.2, 0) is 16.1 Å². The van der Waals surface area contributed by atoms with E-state index in [1.807, 2.05) is 53.4 Å². The average molecular weight is 339 g/mol. The van der Waals surface area contributed by atoms with Crippen LogP contribution in [0, 0.1) is 0 Å². The number of hydrogen-bond donors (Lipinski definition) is 1. The van der Waals surface area contributed by atoms with Crippen molar-refractivity contribution in [1.82, 2.24) is 4.90 Å². The number of ether oxygens (including phenoxy) is 1. The van der Waals surface area contributed by atoms with Crippen LogP contribution in [0.3, 0.4) is 0 Å².